The normalized spacial score (nSPS) is 13.3. The molecule has 0 aliphatic heterocycles. The Hall–Kier alpha value is -2.54. The van der Waals surface area contributed by atoms with E-state index in [1.165, 1.54) is 23.8 Å². The second-order valence-corrected chi connectivity index (χ2v) is 6.91. The minimum atomic E-state index is -0.250. The number of hydrogen-bond donors (Lipinski definition) is 2. The molecule has 0 amide bonds. The number of carbonyl (C=O) groups is 1. The van der Waals surface area contributed by atoms with Gasteiger partial charge in [-0.05, 0) is 41.5 Å². The van der Waals surface area contributed by atoms with Crippen molar-refractivity contribution in [3.63, 3.8) is 0 Å². The third-order valence-corrected chi connectivity index (χ3v) is 4.93. The first-order chi connectivity index (χ1) is 12.2. The summed E-state index contributed by atoms with van der Waals surface area (Å²) in [7, 11) is 0. The molecule has 2 aromatic carbocycles. The van der Waals surface area contributed by atoms with Gasteiger partial charge in [0.25, 0.3) is 6.47 Å². The zero-order valence-electron chi connectivity index (χ0n) is 13.8. The summed E-state index contributed by atoms with van der Waals surface area (Å²) in [5.41, 5.74) is 2.13. The lowest BCUT2D eigenvalue weighted by Gasteiger charge is -2.12. The summed E-state index contributed by atoms with van der Waals surface area (Å²) in [6.07, 6.45) is 2.54. The van der Waals surface area contributed by atoms with E-state index in [-0.39, 0.29) is 12.2 Å². The van der Waals surface area contributed by atoms with Crippen LogP contribution in [0.1, 0.15) is 31.2 Å². The van der Waals surface area contributed by atoms with Crippen LogP contribution >= 0.6 is 11.8 Å². The van der Waals surface area contributed by atoms with Crippen LogP contribution in [0.5, 0.6) is 0 Å². The second-order valence-electron chi connectivity index (χ2n) is 5.68. The van der Waals surface area contributed by atoms with Crippen LogP contribution in [0.25, 0.3) is 16.5 Å². The Labute approximate surface area is 148 Å². The maximum Gasteiger partial charge on any atom is 0.348 e. The van der Waals surface area contributed by atoms with Gasteiger partial charge in [0.05, 0.1) is 5.69 Å². The fourth-order valence-electron chi connectivity index (χ4n) is 2.97. The summed E-state index contributed by atoms with van der Waals surface area (Å²) >= 11 is 1.57. The van der Waals surface area contributed by atoms with Gasteiger partial charge in [-0.1, -0.05) is 49.0 Å². The molecule has 0 spiro atoms. The standard InChI is InChI=1S/C17H17N3OS.CH2O2/c1-2-22-17-19-18-16(21)20(17)15-10-9-12(11-7-8-11)13-5-3-4-6-14(13)15;2-1-3/h3-6,9-11H,2,7-8H2,1H3,(H,18,21);1H,(H,2,3). The molecule has 1 aliphatic carbocycles. The zero-order chi connectivity index (χ0) is 17.8. The minimum Gasteiger partial charge on any atom is -0.483 e. The molecule has 7 heteroatoms. The van der Waals surface area contributed by atoms with Crippen molar-refractivity contribution in [1.82, 2.24) is 14.8 Å². The number of fused-ring (bicyclic) bond motifs is 1. The maximum absolute atomic E-state index is 12.2. The predicted octanol–water partition coefficient (Wildman–Crippen LogP) is 3.40. The molecular formula is C18H19N3O3S. The molecule has 0 saturated heterocycles. The van der Waals surface area contributed by atoms with E-state index >= 15 is 0 Å². The van der Waals surface area contributed by atoms with Crippen LogP contribution in [0.2, 0.25) is 0 Å². The van der Waals surface area contributed by atoms with E-state index in [9.17, 15) is 4.79 Å². The summed E-state index contributed by atoms with van der Waals surface area (Å²) in [6, 6.07) is 12.6. The molecule has 1 fully saturated rings. The average Bonchev–Trinajstić information content (AvgIpc) is 3.40. The third-order valence-electron chi connectivity index (χ3n) is 4.11. The number of nitrogens with one attached hydrogen (secondary N) is 1. The number of hydrogen-bond acceptors (Lipinski definition) is 4. The smallest absolute Gasteiger partial charge is 0.348 e. The molecular weight excluding hydrogens is 338 g/mol. The van der Waals surface area contributed by atoms with E-state index < -0.39 is 0 Å². The van der Waals surface area contributed by atoms with Gasteiger partial charge in [-0.3, -0.25) is 4.79 Å². The molecule has 1 aliphatic rings. The van der Waals surface area contributed by atoms with Gasteiger partial charge in [-0.2, -0.15) is 0 Å². The number of thioether (sulfide) groups is 1. The number of rotatable bonds is 4. The van der Waals surface area contributed by atoms with Gasteiger partial charge in [-0.15, -0.1) is 5.10 Å². The molecule has 6 nitrogen and oxygen atoms in total. The van der Waals surface area contributed by atoms with Gasteiger partial charge in [0.2, 0.25) is 0 Å². The molecule has 3 aromatic rings. The molecule has 0 unspecified atom stereocenters. The molecule has 0 bridgehead atoms. The van der Waals surface area contributed by atoms with Crippen LogP contribution in [-0.4, -0.2) is 32.1 Å². The topological polar surface area (TPSA) is 88.0 Å². The Balaban J connectivity index is 0.000000569. The minimum absolute atomic E-state index is 0.180. The Morgan fingerprint density at radius 2 is 1.96 bits per heavy atom. The maximum atomic E-state index is 12.2. The Morgan fingerprint density at radius 1 is 1.28 bits per heavy atom. The van der Waals surface area contributed by atoms with E-state index in [1.54, 1.807) is 16.3 Å². The number of H-pyrrole nitrogens is 1. The number of benzene rings is 2. The third kappa shape index (κ3) is 3.46. The highest BCUT2D eigenvalue weighted by Crippen LogP contribution is 2.44. The second kappa shape index (κ2) is 7.57. The first-order valence-electron chi connectivity index (χ1n) is 8.11. The van der Waals surface area contributed by atoms with Crippen LogP contribution in [0.15, 0.2) is 46.3 Å². The van der Waals surface area contributed by atoms with Crippen molar-refractivity contribution in [1.29, 1.82) is 0 Å². The molecule has 1 saturated carbocycles. The first-order valence-corrected chi connectivity index (χ1v) is 9.09. The molecule has 0 atom stereocenters. The lowest BCUT2D eigenvalue weighted by atomic mass is 9.99. The van der Waals surface area contributed by atoms with Crippen LogP contribution in [0.4, 0.5) is 0 Å². The highest BCUT2D eigenvalue weighted by molar-refractivity contribution is 7.99. The monoisotopic (exact) mass is 357 g/mol. The number of aromatic amines is 1. The van der Waals surface area contributed by atoms with Crippen molar-refractivity contribution in [2.45, 2.75) is 30.8 Å². The highest BCUT2D eigenvalue weighted by atomic mass is 32.2. The highest BCUT2D eigenvalue weighted by Gasteiger charge is 2.26. The van der Waals surface area contributed by atoms with Gasteiger partial charge in [0, 0.05) is 5.39 Å². The first kappa shape index (κ1) is 17.3. The fourth-order valence-corrected chi connectivity index (χ4v) is 3.65. The molecule has 1 heterocycles. The van der Waals surface area contributed by atoms with Crippen molar-refractivity contribution in [3.8, 4) is 5.69 Å². The summed E-state index contributed by atoms with van der Waals surface area (Å²) < 4.78 is 1.69. The summed E-state index contributed by atoms with van der Waals surface area (Å²) in [5.74, 6) is 1.56. The van der Waals surface area contributed by atoms with Crippen molar-refractivity contribution < 1.29 is 9.90 Å². The van der Waals surface area contributed by atoms with E-state index in [0.717, 1.165) is 22.0 Å². The zero-order valence-corrected chi connectivity index (χ0v) is 14.6. The Kier molecular flexibility index (Phi) is 5.23. The van der Waals surface area contributed by atoms with Gasteiger partial charge in [-0.25, -0.2) is 14.5 Å². The lowest BCUT2D eigenvalue weighted by Crippen LogP contribution is -2.16. The molecule has 25 heavy (non-hydrogen) atoms. The van der Waals surface area contributed by atoms with Crippen molar-refractivity contribution in [2.75, 3.05) is 5.75 Å². The van der Waals surface area contributed by atoms with Crippen LogP contribution in [0, 0.1) is 0 Å². The van der Waals surface area contributed by atoms with Crippen LogP contribution < -0.4 is 5.69 Å². The van der Waals surface area contributed by atoms with E-state index in [0.29, 0.717) is 5.92 Å². The SMILES string of the molecule is CCSc1n[nH]c(=O)n1-c1ccc(C2CC2)c2ccccc12.O=CO. The predicted molar refractivity (Wildman–Crippen MR) is 98.8 cm³/mol. The van der Waals surface area contributed by atoms with Crippen molar-refractivity contribution in [2.24, 2.45) is 0 Å². The molecule has 130 valence electrons. The lowest BCUT2D eigenvalue weighted by molar-refractivity contribution is -0.122. The summed E-state index contributed by atoms with van der Waals surface area (Å²) in [5, 5.41) is 16.7. The van der Waals surface area contributed by atoms with Crippen molar-refractivity contribution >= 4 is 29.0 Å². The summed E-state index contributed by atoms with van der Waals surface area (Å²) in [4.78, 5) is 20.6. The summed E-state index contributed by atoms with van der Waals surface area (Å²) in [6.45, 7) is 1.81. The molecule has 2 N–H and O–H groups in total. The molecule has 4 rings (SSSR count). The van der Waals surface area contributed by atoms with Gasteiger partial charge in [0.15, 0.2) is 5.16 Å². The fraction of sp³-hybridized carbons (Fsp3) is 0.278. The number of nitrogens with zero attached hydrogens (tertiary/aromatic N) is 2. The largest absolute Gasteiger partial charge is 0.483 e. The molecule has 1 aromatic heterocycles. The van der Waals surface area contributed by atoms with E-state index in [1.807, 2.05) is 6.07 Å². The van der Waals surface area contributed by atoms with E-state index in [2.05, 4.69) is 47.5 Å². The van der Waals surface area contributed by atoms with Crippen LogP contribution in [-0.2, 0) is 4.79 Å². The Bertz CT molecular complexity index is 944. The molecule has 0 radical (unpaired) electrons. The quantitative estimate of drug-likeness (QED) is 0.552. The number of aromatic nitrogens is 3. The van der Waals surface area contributed by atoms with Gasteiger partial charge in [0.1, 0.15) is 0 Å². The Morgan fingerprint density at radius 3 is 2.60 bits per heavy atom. The average molecular weight is 357 g/mol. The van der Waals surface area contributed by atoms with E-state index in [4.69, 9.17) is 9.90 Å². The number of carboxylic acid groups (broad SMARTS) is 1. The van der Waals surface area contributed by atoms with Crippen LogP contribution in [0.3, 0.4) is 0 Å². The van der Waals surface area contributed by atoms with Gasteiger partial charge < -0.3 is 5.11 Å². The van der Waals surface area contributed by atoms with Crippen molar-refractivity contribution in [3.05, 3.63) is 52.4 Å². The van der Waals surface area contributed by atoms with Gasteiger partial charge >= 0.3 is 5.69 Å².